The minimum atomic E-state index is 0.604. The summed E-state index contributed by atoms with van der Waals surface area (Å²) in [5.41, 5.74) is 0. The summed E-state index contributed by atoms with van der Waals surface area (Å²) in [4.78, 5) is 0. The van der Waals surface area contributed by atoms with Crippen LogP contribution in [0.15, 0.2) is 0 Å². The quantitative estimate of drug-likeness (QED) is 0.785. The molecule has 0 atom stereocenters. The molecule has 1 aromatic rings. The first-order valence-electron chi connectivity index (χ1n) is 7.37. The van der Waals surface area contributed by atoms with Crippen LogP contribution in [0.4, 0.5) is 0 Å². The van der Waals surface area contributed by atoms with Gasteiger partial charge in [-0.1, -0.05) is 41.5 Å². The van der Waals surface area contributed by atoms with E-state index in [1.165, 1.54) is 0 Å². The van der Waals surface area contributed by atoms with E-state index in [0.29, 0.717) is 23.7 Å². The maximum atomic E-state index is 4.13. The van der Waals surface area contributed by atoms with Gasteiger partial charge in [0.05, 0.1) is 6.54 Å². The average Bonchev–Trinajstić information content (AvgIpc) is 2.72. The van der Waals surface area contributed by atoms with Crippen LogP contribution >= 0.6 is 0 Å². The smallest absolute Gasteiger partial charge is 0.165 e. The largest absolute Gasteiger partial charge is 0.310 e. The second kappa shape index (κ2) is 7.58. The number of hydrogen-bond donors (Lipinski definition) is 1. The van der Waals surface area contributed by atoms with E-state index in [1.807, 2.05) is 4.68 Å². The van der Waals surface area contributed by atoms with Gasteiger partial charge in [0, 0.05) is 6.54 Å². The number of tetrazole rings is 1. The fourth-order valence-electron chi connectivity index (χ4n) is 2.36. The van der Waals surface area contributed by atoms with Crippen molar-refractivity contribution < 1.29 is 0 Å². The zero-order valence-electron chi connectivity index (χ0n) is 13.2. The van der Waals surface area contributed by atoms with Crippen molar-refractivity contribution >= 4 is 0 Å². The lowest BCUT2D eigenvalue weighted by Gasteiger charge is -2.24. The van der Waals surface area contributed by atoms with Crippen molar-refractivity contribution in [1.29, 1.82) is 0 Å². The molecular weight excluding hydrogens is 238 g/mol. The van der Waals surface area contributed by atoms with Crippen LogP contribution in [0.3, 0.4) is 0 Å². The van der Waals surface area contributed by atoms with Crippen LogP contribution in [0.5, 0.6) is 0 Å². The van der Waals surface area contributed by atoms with Crippen molar-refractivity contribution in [3.8, 4) is 0 Å². The van der Waals surface area contributed by atoms with E-state index in [0.717, 1.165) is 25.5 Å². The summed E-state index contributed by atoms with van der Waals surface area (Å²) < 4.78 is 1.96. The van der Waals surface area contributed by atoms with Gasteiger partial charge in [-0.2, -0.15) is 0 Å². The van der Waals surface area contributed by atoms with Gasteiger partial charge in [-0.05, 0) is 40.6 Å². The molecule has 0 bridgehead atoms. The van der Waals surface area contributed by atoms with Crippen molar-refractivity contribution in [2.24, 2.45) is 23.7 Å². The minimum Gasteiger partial charge on any atom is -0.310 e. The van der Waals surface area contributed by atoms with Crippen LogP contribution in [-0.2, 0) is 13.1 Å². The number of rotatable bonds is 8. The Hall–Kier alpha value is -0.970. The normalized spacial score (nSPS) is 12.3. The zero-order valence-corrected chi connectivity index (χ0v) is 13.2. The molecule has 19 heavy (non-hydrogen) atoms. The molecule has 0 aliphatic rings. The second-order valence-electron chi connectivity index (χ2n) is 6.45. The monoisotopic (exact) mass is 267 g/mol. The third-order valence-corrected chi connectivity index (χ3v) is 3.54. The van der Waals surface area contributed by atoms with E-state index in [9.17, 15) is 0 Å². The van der Waals surface area contributed by atoms with Gasteiger partial charge in [0.1, 0.15) is 0 Å². The maximum Gasteiger partial charge on any atom is 0.165 e. The Morgan fingerprint density at radius 1 is 1.05 bits per heavy atom. The third-order valence-electron chi connectivity index (χ3n) is 3.54. The Labute approximate surface area is 117 Å². The van der Waals surface area contributed by atoms with Gasteiger partial charge in [0.15, 0.2) is 5.82 Å². The van der Waals surface area contributed by atoms with Crippen molar-refractivity contribution in [3.05, 3.63) is 5.82 Å². The highest BCUT2D eigenvalue weighted by Crippen LogP contribution is 2.22. The van der Waals surface area contributed by atoms with Gasteiger partial charge in [-0.15, -0.1) is 5.10 Å². The summed E-state index contributed by atoms with van der Waals surface area (Å²) in [6.45, 7) is 16.1. The second-order valence-corrected chi connectivity index (χ2v) is 6.45. The van der Waals surface area contributed by atoms with Gasteiger partial charge >= 0.3 is 0 Å². The molecular formula is C14H29N5. The molecule has 1 N–H and O–H groups in total. The Morgan fingerprint density at radius 2 is 1.68 bits per heavy atom. The van der Waals surface area contributed by atoms with Crippen molar-refractivity contribution in [1.82, 2.24) is 25.5 Å². The van der Waals surface area contributed by atoms with Gasteiger partial charge in [0.2, 0.25) is 0 Å². The molecule has 0 unspecified atom stereocenters. The summed E-state index contributed by atoms with van der Waals surface area (Å²) in [7, 11) is 0. The van der Waals surface area contributed by atoms with Crippen LogP contribution in [-0.4, -0.2) is 26.8 Å². The summed E-state index contributed by atoms with van der Waals surface area (Å²) in [5.74, 6) is 3.46. The molecule has 0 aliphatic carbocycles. The molecule has 5 nitrogen and oxygen atoms in total. The molecule has 1 heterocycles. The Bertz CT molecular complexity index is 348. The van der Waals surface area contributed by atoms with E-state index < -0.39 is 0 Å². The van der Waals surface area contributed by atoms with E-state index >= 15 is 0 Å². The predicted octanol–water partition coefficient (Wildman–Crippen LogP) is 2.35. The van der Waals surface area contributed by atoms with Gasteiger partial charge in [-0.25, -0.2) is 4.68 Å². The summed E-state index contributed by atoms with van der Waals surface area (Å²) in [6, 6.07) is 0. The highest BCUT2D eigenvalue weighted by atomic mass is 15.5. The molecule has 0 radical (unpaired) electrons. The zero-order chi connectivity index (χ0) is 14.4. The molecule has 1 aromatic heterocycles. The van der Waals surface area contributed by atoms with Crippen LogP contribution in [0, 0.1) is 23.7 Å². The van der Waals surface area contributed by atoms with Crippen molar-refractivity contribution in [2.75, 3.05) is 6.54 Å². The highest BCUT2D eigenvalue weighted by Gasteiger charge is 2.20. The van der Waals surface area contributed by atoms with E-state index in [4.69, 9.17) is 0 Å². The summed E-state index contributed by atoms with van der Waals surface area (Å²) >= 11 is 0. The third kappa shape index (κ3) is 5.27. The molecule has 0 aromatic carbocycles. The molecule has 1 rings (SSSR count). The fourth-order valence-corrected chi connectivity index (χ4v) is 2.36. The Balaban J connectivity index is 2.61. The van der Waals surface area contributed by atoms with Crippen molar-refractivity contribution in [3.63, 3.8) is 0 Å². The predicted molar refractivity (Wildman–Crippen MR) is 77.5 cm³/mol. The van der Waals surface area contributed by atoms with Crippen LogP contribution in [0.1, 0.15) is 47.4 Å². The Kier molecular flexibility index (Phi) is 6.42. The van der Waals surface area contributed by atoms with Crippen LogP contribution in [0.25, 0.3) is 0 Å². The maximum absolute atomic E-state index is 4.13. The topological polar surface area (TPSA) is 55.6 Å². The molecule has 110 valence electrons. The molecule has 0 saturated carbocycles. The molecule has 5 heteroatoms. The fraction of sp³-hybridized carbons (Fsp3) is 0.929. The SMILES string of the molecule is CC(C)CNCc1nnnn1CC(C(C)C)C(C)C. The Morgan fingerprint density at radius 3 is 2.21 bits per heavy atom. The molecule has 0 aliphatic heterocycles. The van der Waals surface area contributed by atoms with Gasteiger partial charge in [-0.3, -0.25) is 0 Å². The average molecular weight is 267 g/mol. The molecule has 0 amide bonds. The van der Waals surface area contributed by atoms with Gasteiger partial charge < -0.3 is 5.32 Å². The number of aromatic nitrogens is 4. The van der Waals surface area contributed by atoms with Gasteiger partial charge in [0.25, 0.3) is 0 Å². The first-order chi connectivity index (χ1) is 8.91. The lowest BCUT2D eigenvalue weighted by molar-refractivity contribution is 0.237. The standard InChI is InChI=1S/C14H29N5/c1-10(2)7-15-8-14-16-17-18-19(14)9-13(11(3)4)12(5)6/h10-13,15H,7-9H2,1-6H3. The number of nitrogens with one attached hydrogen (secondary N) is 1. The lowest BCUT2D eigenvalue weighted by Crippen LogP contribution is -2.26. The number of hydrogen-bond acceptors (Lipinski definition) is 4. The first-order valence-corrected chi connectivity index (χ1v) is 7.37. The lowest BCUT2D eigenvalue weighted by atomic mass is 9.85. The van der Waals surface area contributed by atoms with Crippen LogP contribution < -0.4 is 5.32 Å². The number of nitrogens with zero attached hydrogens (tertiary/aromatic N) is 4. The summed E-state index contributed by atoms with van der Waals surface area (Å²) in [5, 5.41) is 15.5. The molecule has 0 fully saturated rings. The highest BCUT2D eigenvalue weighted by molar-refractivity contribution is 4.82. The molecule has 0 spiro atoms. The summed E-state index contributed by atoms with van der Waals surface area (Å²) in [6.07, 6.45) is 0. The van der Waals surface area contributed by atoms with E-state index in [1.54, 1.807) is 0 Å². The van der Waals surface area contributed by atoms with E-state index in [-0.39, 0.29) is 0 Å². The molecule has 0 saturated heterocycles. The van der Waals surface area contributed by atoms with E-state index in [2.05, 4.69) is 62.4 Å². The minimum absolute atomic E-state index is 0.604. The van der Waals surface area contributed by atoms with Crippen LogP contribution in [0.2, 0.25) is 0 Å². The first kappa shape index (κ1) is 16.1. The van der Waals surface area contributed by atoms with Crippen molar-refractivity contribution in [2.45, 2.75) is 54.6 Å².